The quantitative estimate of drug-likeness (QED) is 0.517. The average Bonchev–Trinajstić information content (AvgIpc) is 3.29. The Kier molecular flexibility index (Phi) is 4.74. The molecule has 0 fully saturated rings. The third-order valence-electron chi connectivity index (χ3n) is 4.30. The molecule has 0 aliphatic carbocycles. The molecule has 7 nitrogen and oxygen atoms in total. The molecule has 0 amide bonds. The Bertz CT molecular complexity index is 1180. The molecular weight excluding hydrogens is 381 g/mol. The van der Waals surface area contributed by atoms with Gasteiger partial charge in [-0.15, -0.1) is 0 Å². The highest BCUT2D eigenvalue weighted by Gasteiger charge is 2.14. The standard InChI is InChI=1S/C19H16FN5O2S/c1-12-4-3-5-17(25-19(26)24(2)22-23-25)15(12)10-27-18-21-16(11-28-18)13-6-8-14(20)9-7-13/h3-9,11H,10H2,1-2H3. The fourth-order valence-corrected chi connectivity index (χ4v) is 3.43. The highest BCUT2D eigenvalue weighted by atomic mass is 32.1. The summed E-state index contributed by atoms with van der Waals surface area (Å²) in [6, 6.07) is 11.7. The summed E-state index contributed by atoms with van der Waals surface area (Å²) in [5, 5.41) is 10.0. The zero-order valence-corrected chi connectivity index (χ0v) is 16.0. The topological polar surface area (TPSA) is 74.8 Å². The predicted octanol–water partition coefficient (Wildman–Crippen LogP) is 3.12. The summed E-state index contributed by atoms with van der Waals surface area (Å²) < 4.78 is 21.4. The first-order chi connectivity index (χ1) is 13.5. The number of halogens is 1. The van der Waals surface area contributed by atoms with Crippen LogP contribution in [0.5, 0.6) is 5.19 Å². The number of hydrogen-bond acceptors (Lipinski definition) is 6. The van der Waals surface area contributed by atoms with Gasteiger partial charge in [0.2, 0.25) is 0 Å². The largest absolute Gasteiger partial charge is 0.465 e. The van der Waals surface area contributed by atoms with E-state index >= 15 is 0 Å². The Morgan fingerprint density at radius 3 is 2.64 bits per heavy atom. The molecule has 142 valence electrons. The van der Waals surface area contributed by atoms with Gasteiger partial charge in [0.15, 0.2) is 0 Å². The molecule has 4 rings (SSSR count). The van der Waals surface area contributed by atoms with Crippen LogP contribution in [0.15, 0.2) is 52.6 Å². The number of benzene rings is 2. The van der Waals surface area contributed by atoms with Crippen molar-refractivity contribution in [1.29, 1.82) is 0 Å². The molecule has 0 N–H and O–H groups in total. The fourth-order valence-electron chi connectivity index (χ4n) is 2.75. The molecule has 0 aliphatic heterocycles. The Morgan fingerprint density at radius 2 is 1.93 bits per heavy atom. The van der Waals surface area contributed by atoms with E-state index in [-0.39, 0.29) is 18.1 Å². The fraction of sp³-hybridized carbons (Fsp3) is 0.158. The minimum Gasteiger partial charge on any atom is -0.465 e. The minimum atomic E-state index is -0.334. The van der Waals surface area contributed by atoms with Crippen LogP contribution in [-0.2, 0) is 13.7 Å². The SMILES string of the molecule is Cc1cccc(-n2nnn(C)c2=O)c1COc1nc(-c2ccc(F)cc2)cs1. The second kappa shape index (κ2) is 7.35. The van der Waals surface area contributed by atoms with Gasteiger partial charge < -0.3 is 4.74 Å². The molecule has 2 heterocycles. The lowest BCUT2D eigenvalue weighted by Crippen LogP contribution is -2.23. The molecule has 0 aliphatic rings. The lowest BCUT2D eigenvalue weighted by atomic mass is 10.1. The van der Waals surface area contributed by atoms with Crippen LogP contribution < -0.4 is 10.4 Å². The first-order valence-electron chi connectivity index (χ1n) is 8.45. The van der Waals surface area contributed by atoms with Crippen LogP contribution in [0.3, 0.4) is 0 Å². The van der Waals surface area contributed by atoms with Gasteiger partial charge in [0.25, 0.3) is 5.19 Å². The molecule has 28 heavy (non-hydrogen) atoms. The van der Waals surface area contributed by atoms with E-state index in [1.165, 1.54) is 32.8 Å². The van der Waals surface area contributed by atoms with E-state index in [9.17, 15) is 9.18 Å². The number of ether oxygens (including phenoxy) is 1. The van der Waals surface area contributed by atoms with E-state index in [1.807, 2.05) is 24.4 Å². The van der Waals surface area contributed by atoms with Crippen molar-refractivity contribution in [3.63, 3.8) is 0 Å². The van der Waals surface area contributed by atoms with Crippen molar-refractivity contribution in [1.82, 2.24) is 24.8 Å². The molecule has 0 spiro atoms. The van der Waals surface area contributed by atoms with Crippen LogP contribution >= 0.6 is 11.3 Å². The highest BCUT2D eigenvalue weighted by Crippen LogP contribution is 2.28. The number of thiazole rings is 1. The van der Waals surface area contributed by atoms with Gasteiger partial charge in [0.05, 0.1) is 11.4 Å². The number of nitrogens with zero attached hydrogens (tertiary/aromatic N) is 5. The summed E-state index contributed by atoms with van der Waals surface area (Å²) in [6.45, 7) is 2.16. The van der Waals surface area contributed by atoms with Gasteiger partial charge >= 0.3 is 5.69 Å². The van der Waals surface area contributed by atoms with E-state index in [2.05, 4.69) is 15.4 Å². The van der Waals surface area contributed by atoms with Crippen LogP contribution in [0.2, 0.25) is 0 Å². The lowest BCUT2D eigenvalue weighted by molar-refractivity contribution is 0.303. The molecule has 2 aromatic heterocycles. The van der Waals surface area contributed by atoms with Crippen LogP contribution in [0.1, 0.15) is 11.1 Å². The minimum absolute atomic E-state index is 0.224. The van der Waals surface area contributed by atoms with Gasteiger partial charge in [-0.1, -0.05) is 23.5 Å². The Labute approximate surface area is 163 Å². The third kappa shape index (κ3) is 3.44. The summed E-state index contributed by atoms with van der Waals surface area (Å²) in [7, 11) is 1.55. The van der Waals surface area contributed by atoms with Crippen LogP contribution in [-0.4, -0.2) is 24.8 Å². The van der Waals surface area contributed by atoms with Crippen molar-refractivity contribution in [3.8, 4) is 22.1 Å². The molecule has 0 saturated carbocycles. The highest BCUT2D eigenvalue weighted by molar-refractivity contribution is 7.11. The van der Waals surface area contributed by atoms with Crippen molar-refractivity contribution >= 4 is 11.3 Å². The van der Waals surface area contributed by atoms with Gasteiger partial charge in [0, 0.05) is 23.6 Å². The van der Waals surface area contributed by atoms with Gasteiger partial charge in [-0.2, -0.15) is 9.36 Å². The number of rotatable bonds is 5. The zero-order chi connectivity index (χ0) is 19.7. The third-order valence-corrected chi connectivity index (χ3v) is 5.05. The smallest absolute Gasteiger partial charge is 0.368 e. The number of hydrogen-bond donors (Lipinski definition) is 0. The van der Waals surface area contributed by atoms with E-state index < -0.39 is 0 Å². The maximum absolute atomic E-state index is 13.1. The van der Waals surface area contributed by atoms with E-state index in [1.54, 1.807) is 25.2 Å². The summed E-state index contributed by atoms with van der Waals surface area (Å²) in [5.74, 6) is -0.290. The normalized spacial score (nSPS) is 11.0. The van der Waals surface area contributed by atoms with Gasteiger partial charge in [-0.05, 0) is 53.2 Å². The van der Waals surface area contributed by atoms with E-state index in [0.29, 0.717) is 10.9 Å². The van der Waals surface area contributed by atoms with E-state index in [0.717, 1.165) is 22.4 Å². The molecule has 0 radical (unpaired) electrons. The second-order valence-electron chi connectivity index (χ2n) is 6.16. The van der Waals surface area contributed by atoms with Gasteiger partial charge in [0.1, 0.15) is 12.4 Å². The van der Waals surface area contributed by atoms with Gasteiger partial charge in [-0.3, -0.25) is 0 Å². The average molecular weight is 397 g/mol. The van der Waals surface area contributed by atoms with Crippen molar-refractivity contribution in [2.45, 2.75) is 13.5 Å². The van der Waals surface area contributed by atoms with Crippen molar-refractivity contribution in [3.05, 3.63) is 75.3 Å². The van der Waals surface area contributed by atoms with Crippen molar-refractivity contribution in [2.24, 2.45) is 7.05 Å². The number of aryl methyl sites for hydroxylation is 2. The number of aromatic nitrogens is 5. The maximum Gasteiger partial charge on any atom is 0.368 e. The Morgan fingerprint density at radius 1 is 1.14 bits per heavy atom. The monoisotopic (exact) mass is 397 g/mol. The molecule has 0 unspecified atom stereocenters. The molecule has 4 aromatic rings. The zero-order valence-electron chi connectivity index (χ0n) is 15.2. The first kappa shape index (κ1) is 18.1. The summed E-state index contributed by atoms with van der Waals surface area (Å²) in [5.41, 5.74) is 3.60. The molecule has 0 bridgehead atoms. The Balaban J connectivity index is 1.58. The van der Waals surface area contributed by atoms with Crippen molar-refractivity contribution < 1.29 is 9.13 Å². The summed E-state index contributed by atoms with van der Waals surface area (Å²) >= 11 is 1.35. The van der Waals surface area contributed by atoms with Crippen LogP contribution in [0.4, 0.5) is 4.39 Å². The summed E-state index contributed by atoms with van der Waals surface area (Å²) in [4.78, 5) is 16.7. The maximum atomic E-state index is 13.1. The molecule has 2 aromatic carbocycles. The molecule has 9 heteroatoms. The first-order valence-corrected chi connectivity index (χ1v) is 9.33. The van der Waals surface area contributed by atoms with Gasteiger partial charge in [-0.25, -0.2) is 14.2 Å². The lowest BCUT2D eigenvalue weighted by Gasteiger charge is -2.11. The van der Waals surface area contributed by atoms with Crippen molar-refractivity contribution in [2.75, 3.05) is 0 Å². The predicted molar refractivity (Wildman–Crippen MR) is 103 cm³/mol. The van der Waals surface area contributed by atoms with E-state index in [4.69, 9.17) is 4.74 Å². The molecule has 0 atom stereocenters. The van der Waals surface area contributed by atoms with Crippen LogP contribution in [0.25, 0.3) is 16.9 Å². The number of tetrazole rings is 1. The summed E-state index contributed by atoms with van der Waals surface area (Å²) in [6.07, 6.45) is 0. The Hall–Kier alpha value is -3.33. The second-order valence-corrected chi connectivity index (χ2v) is 6.98. The molecule has 0 saturated heterocycles. The molecular formula is C19H16FN5O2S. The van der Waals surface area contributed by atoms with Crippen LogP contribution in [0, 0.1) is 12.7 Å².